The van der Waals surface area contributed by atoms with Crippen LogP contribution in [-0.4, -0.2) is 85.4 Å². The lowest BCUT2D eigenvalue weighted by Crippen LogP contribution is -2.48. The molecule has 4 aliphatic rings. The van der Waals surface area contributed by atoms with Crippen molar-refractivity contribution < 1.29 is 27.4 Å². The molecule has 1 aromatic carbocycles. The predicted molar refractivity (Wildman–Crippen MR) is 177 cm³/mol. The van der Waals surface area contributed by atoms with Crippen LogP contribution in [0.4, 0.5) is 30.8 Å². The average Bonchev–Trinajstić information content (AvgIpc) is 3.81. The largest absolute Gasteiger partial charge is 0.490 e. The molecule has 0 bridgehead atoms. The number of carbonyl (C=O) groups excluding carboxylic acids is 1. The number of nitrogens with one attached hydrogen (secondary N) is 2. The van der Waals surface area contributed by atoms with Crippen molar-refractivity contribution in [2.45, 2.75) is 81.0 Å². The minimum Gasteiger partial charge on any atom is -0.490 e. The molecule has 2 N–H and O–H groups in total. The smallest absolute Gasteiger partial charge is 0.434 e. The van der Waals surface area contributed by atoms with Gasteiger partial charge in [0.15, 0.2) is 11.5 Å². The third kappa shape index (κ3) is 6.43. The van der Waals surface area contributed by atoms with E-state index >= 15 is 0 Å². The van der Waals surface area contributed by atoms with Gasteiger partial charge >= 0.3 is 6.18 Å². The predicted octanol–water partition coefficient (Wildman–Crippen LogP) is 4.64. The maximum atomic E-state index is 14.7. The summed E-state index contributed by atoms with van der Waals surface area (Å²) in [5.41, 5.74) is -1.71. The molecule has 0 radical (unpaired) electrons. The summed E-state index contributed by atoms with van der Waals surface area (Å²) < 4.78 is 56.3. The number of H-pyrrole nitrogens is 1. The molecule has 14 nitrogen and oxygen atoms in total. The third-order valence-corrected chi connectivity index (χ3v) is 10.7. The van der Waals surface area contributed by atoms with Crippen molar-refractivity contribution in [1.82, 2.24) is 45.9 Å². The van der Waals surface area contributed by atoms with E-state index < -0.39 is 34.3 Å². The number of alkyl halides is 3. The quantitative estimate of drug-likeness (QED) is 0.275. The number of amides is 1. The molecule has 0 unspecified atom stereocenters. The number of nitrogens with zero attached hydrogens (tertiary/aromatic N) is 9. The Hall–Kier alpha value is -4.93. The number of aromatic amines is 1. The molecule has 8 rings (SSSR count). The molecule has 6 heterocycles. The first kappa shape index (κ1) is 33.2. The Labute approximate surface area is 291 Å². The van der Waals surface area contributed by atoms with Crippen LogP contribution in [0.1, 0.15) is 85.2 Å². The Bertz CT molecular complexity index is 1840. The van der Waals surface area contributed by atoms with Gasteiger partial charge in [0.05, 0.1) is 5.56 Å². The Balaban J connectivity index is 1.06. The molecule has 3 aromatic heterocycles. The van der Waals surface area contributed by atoms with E-state index in [0.717, 1.165) is 57.0 Å². The van der Waals surface area contributed by atoms with Crippen molar-refractivity contribution >= 4 is 23.5 Å². The minimum absolute atomic E-state index is 0.00431. The first-order valence-corrected chi connectivity index (χ1v) is 17.4. The standard InChI is InChI=1S/C34H38F3N11O3/c35-34(36,37)27-24(28(49)42-33(9-2-1-3-10-33)29-43-45-46-44-29)20-40-31(41-27)48-21-32(11-17-50-18-12-32)25-19-23(5-6-26(25)48)51-22-7-15-47(16-8-22)30-38-13-4-14-39-30/h4-6,13-14,19-20,22H,1-3,7-12,15-18,21H2,(H,42,49)(H,43,44,45,46). The first-order valence-electron chi connectivity index (χ1n) is 17.4. The maximum Gasteiger partial charge on any atom is 0.434 e. The zero-order valence-electron chi connectivity index (χ0n) is 27.9. The van der Waals surface area contributed by atoms with Crippen LogP contribution in [0.5, 0.6) is 5.75 Å². The summed E-state index contributed by atoms with van der Waals surface area (Å²) in [6.45, 7) is 2.94. The summed E-state index contributed by atoms with van der Waals surface area (Å²) in [5.74, 6) is 0.590. The van der Waals surface area contributed by atoms with E-state index in [4.69, 9.17) is 9.47 Å². The highest BCUT2D eigenvalue weighted by Gasteiger charge is 2.47. The summed E-state index contributed by atoms with van der Waals surface area (Å²) >= 11 is 0. The van der Waals surface area contributed by atoms with E-state index in [-0.39, 0.29) is 17.9 Å². The molecule has 3 aliphatic heterocycles. The van der Waals surface area contributed by atoms with Gasteiger partial charge in [-0.3, -0.25) is 4.79 Å². The number of rotatable bonds is 7. The summed E-state index contributed by atoms with van der Waals surface area (Å²) in [6, 6.07) is 7.53. The van der Waals surface area contributed by atoms with Crippen LogP contribution in [0.2, 0.25) is 0 Å². The van der Waals surface area contributed by atoms with E-state index in [1.807, 2.05) is 18.2 Å². The van der Waals surface area contributed by atoms with Crippen molar-refractivity contribution in [2.75, 3.05) is 42.6 Å². The van der Waals surface area contributed by atoms with Crippen molar-refractivity contribution in [3.63, 3.8) is 0 Å². The summed E-state index contributed by atoms with van der Waals surface area (Å²) in [5, 5.41) is 16.9. The van der Waals surface area contributed by atoms with Crippen LogP contribution < -0.4 is 19.9 Å². The number of fused-ring (bicyclic) bond motifs is 2. The Morgan fingerprint density at radius 2 is 1.76 bits per heavy atom. The highest BCUT2D eigenvalue weighted by Crippen LogP contribution is 2.50. The normalized spacial score (nSPS) is 20.3. The van der Waals surface area contributed by atoms with Gasteiger partial charge in [-0.15, -0.1) is 10.2 Å². The van der Waals surface area contributed by atoms with Crippen molar-refractivity contribution in [3.05, 3.63) is 65.5 Å². The van der Waals surface area contributed by atoms with Gasteiger partial charge in [0.2, 0.25) is 11.9 Å². The number of halogens is 3. The Morgan fingerprint density at radius 1 is 1.00 bits per heavy atom. The number of carbonyl (C=O) groups is 1. The molecule has 268 valence electrons. The number of ether oxygens (including phenoxy) is 2. The van der Waals surface area contributed by atoms with Crippen molar-refractivity contribution in [1.29, 1.82) is 0 Å². The topological polar surface area (TPSA) is 160 Å². The number of anilines is 3. The van der Waals surface area contributed by atoms with E-state index in [0.29, 0.717) is 62.8 Å². The Kier molecular flexibility index (Phi) is 8.68. The van der Waals surface area contributed by atoms with E-state index in [1.54, 1.807) is 23.4 Å². The zero-order chi connectivity index (χ0) is 35.1. The number of piperidine rings is 1. The number of hydrogen-bond acceptors (Lipinski definition) is 12. The number of tetrazole rings is 1. The van der Waals surface area contributed by atoms with Crippen LogP contribution in [0.3, 0.4) is 0 Å². The van der Waals surface area contributed by atoms with Gasteiger partial charge in [0, 0.05) is 75.4 Å². The van der Waals surface area contributed by atoms with Crippen LogP contribution in [-0.2, 0) is 21.9 Å². The van der Waals surface area contributed by atoms with Crippen molar-refractivity contribution in [3.8, 4) is 5.75 Å². The molecule has 2 saturated heterocycles. The molecular weight excluding hydrogens is 667 g/mol. The van der Waals surface area contributed by atoms with Gasteiger partial charge in [-0.1, -0.05) is 24.5 Å². The number of hydrogen-bond donors (Lipinski definition) is 2. The fourth-order valence-electron chi connectivity index (χ4n) is 8.00. The maximum absolute atomic E-state index is 14.7. The second kappa shape index (κ2) is 13.3. The molecule has 3 fully saturated rings. The monoisotopic (exact) mass is 705 g/mol. The van der Waals surface area contributed by atoms with Gasteiger partial charge in [-0.25, -0.2) is 19.9 Å². The van der Waals surface area contributed by atoms with E-state index in [1.165, 1.54) is 0 Å². The van der Waals surface area contributed by atoms with Gasteiger partial charge in [-0.2, -0.15) is 18.4 Å². The average molecular weight is 706 g/mol. The number of benzene rings is 1. The molecule has 0 atom stereocenters. The molecule has 51 heavy (non-hydrogen) atoms. The third-order valence-electron chi connectivity index (χ3n) is 10.7. The van der Waals surface area contributed by atoms with Crippen molar-refractivity contribution in [2.24, 2.45) is 0 Å². The SMILES string of the molecule is O=C(NC1(c2nn[nH]n2)CCCCC1)c1cnc(N2CC3(CCOCC3)c3cc(OC4CCN(c5ncccn5)CC4)ccc32)nc1C(F)(F)F. The zero-order valence-corrected chi connectivity index (χ0v) is 27.9. The molecular formula is C34H38F3N11O3. The van der Waals surface area contributed by atoms with Crippen LogP contribution >= 0.6 is 0 Å². The summed E-state index contributed by atoms with van der Waals surface area (Å²) in [4.78, 5) is 34.6. The van der Waals surface area contributed by atoms with Gasteiger partial charge in [0.25, 0.3) is 5.91 Å². The molecule has 1 aliphatic carbocycles. The van der Waals surface area contributed by atoms with E-state index in [9.17, 15) is 18.0 Å². The van der Waals surface area contributed by atoms with Gasteiger partial charge < -0.3 is 24.6 Å². The number of aromatic nitrogens is 8. The lowest BCUT2D eigenvalue weighted by molar-refractivity contribution is -0.141. The molecule has 1 saturated carbocycles. The second-order valence-corrected chi connectivity index (χ2v) is 13.8. The first-order chi connectivity index (χ1) is 24.7. The molecule has 17 heteroatoms. The Morgan fingerprint density at radius 3 is 2.47 bits per heavy atom. The summed E-state index contributed by atoms with van der Waals surface area (Å²) in [6.07, 6.45) is 5.87. The molecule has 1 spiro atoms. The fourth-order valence-corrected chi connectivity index (χ4v) is 8.00. The lowest BCUT2D eigenvalue weighted by Gasteiger charge is -2.35. The van der Waals surface area contributed by atoms with E-state index in [2.05, 4.69) is 50.8 Å². The van der Waals surface area contributed by atoms with Crippen LogP contribution in [0, 0.1) is 0 Å². The highest BCUT2D eigenvalue weighted by atomic mass is 19.4. The van der Waals surface area contributed by atoms with Crippen LogP contribution in [0.15, 0.2) is 42.9 Å². The summed E-state index contributed by atoms with van der Waals surface area (Å²) in [7, 11) is 0. The highest BCUT2D eigenvalue weighted by molar-refractivity contribution is 5.96. The van der Waals surface area contributed by atoms with Crippen LogP contribution in [0.25, 0.3) is 0 Å². The second-order valence-electron chi connectivity index (χ2n) is 13.8. The van der Waals surface area contributed by atoms with Gasteiger partial charge in [-0.05, 0) is 55.5 Å². The fraction of sp³-hybridized carbons (Fsp3) is 0.529. The minimum atomic E-state index is -4.92. The lowest BCUT2D eigenvalue weighted by atomic mass is 9.76. The molecule has 1 amide bonds. The van der Waals surface area contributed by atoms with Gasteiger partial charge in [0.1, 0.15) is 17.4 Å². The molecule has 4 aromatic rings.